The number of amides is 1. The van der Waals surface area contributed by atoms with Crippen molar-refractivity contribution in [3.8, 4) is 11.6 Å². The Bertz CT molecular complexity index is 971. The molecule has 1 aliphatic rings. The van der Waals surface area contributed by atoms with Crippen molar-refractivity contribution in [3.63, 3.8) is 0 Å². The molecule has 0 aliphatic carbocycles. The van der Waals surface area contributed by atoms with Crippen molar-refractivity contribution in [2.24, 2.45) is 0 Å². The van der Waals surface area contributed by atoms with E-state index in [1.54, 1.807) is 26.2 Å². The Morgan fingerprint density at radius 1 is 1.18 bits per heavy atom. The monoisotopic (exact) mass is 378 g/mol. The quantitative estimate of drug-likeness (QED) is 0.685. The zero-order valence-corrected chi connectivity index (χ0v) is 16.0. The lowest BCUT2D eigenvalue weighted by molar-refractivity contribution is 0.0671. The lowest BCUT2D eigenvalue weighted by Gasteiger charge is -2.31. The molecule has 0 bridgehead atoms. The lowest BCUT2D eigenvalue weighted by Crippen LogP contribution is -2.39. The smallest absolute Gasteiger partial charge is 0.291 e. The van der Waals surface area contributed by atoms with Crippen molar-refractivity contribution in [1.82, 2.24) is 19.9 Å². The molecule has 28 heavy (non-hydrogen) atoms. The maximum Gasteiger partial charge on any atom is 0.291 e. The minimum Gasteiger partial charge on any atom is -0.437 e. The molecule has 144 valence electrons. The fraction of sp³-hybridized carbons (Fsp3) is 0.333. The number of ether oxygens (including phenoxy) is 1. The number of nitrogens with zero attached hydrogens (tertiary/aromatic N) is 4. The van der Waals surface area contributed by atoms with Crippen molar-refractivity contribution in [3.05, 3.63) is 65.8 Å². The van der Waals surface area contributed by atoms with Gasteiger partial charge in [0.2, 0.25) is 11.6 Å². The summed E-state index contributed by atoms with van der Waals surface area (Å²) in [5.74, 6) is 1.98. The maximum atomic E-state index is 12.9. The van der Waals surface area contributed by atoms with Crippen LogP contribution in [0, 0.1) is 13.8 Å². The number of hydrogen-bond donors (Lipinski definition) is 0. The third kappa shape index (κ3) is 3.88. The first-order valence-electron chi connectivity index (χ1n) is 9.38. The van der Waals surface area contributed by atoms with E-state index in [2.05, 4.69) is 15.0 Å². The first kappa shape index (κ1) is 18.2. The second-order valence-corrected chi connectivity index (χ2v) is 6.94. The van der Waals surface area contributed by atoms with E-state index in [9.17, 15) is 4.79 Å². The van der Waals surface area contributed by atoms with Crippen molar-refractivity contribution < 1.29 is 13.9 Å². The fourth-order valence-corrected chi connectivity index (χ4v) is 3.49. The normalized spacial score (nSPS) is 16.8. The van der Waals surface area contributed by atoms with Gasteiger partial charge in [0.05, 0.1) is 17.6 Å². The molecule has 2 aromatic heterocycles. The molecule has 4 rings (SSSR count). The lowest BCUT2D eigenvalue weighted by atomic mass is 9.95. The van der Waals surface area contributed by atoms with Crippen molar-refractivity contribution in [2.45, 2.75) is 32.6 Å². The van der Waals surface area contributed by atoms with Gasteiger partial charge in [-0.1, -0.05) is 18.2 Å². The number of benzene rings is 1. The first-order chi connectivity index (χ1) is 13.6. The summed E-state index contributed by atoms with van der Waals surface area (Å²) in [6, 6.07) is 9.49. The summed E-state index contributed by atoms with van der Waals surface area (Å²) in [5.41, 5.74) is 1.46. The van der Waals surface area contributed by atoms with Gasteiger partial charge in [-0.2, -0.15) is 0 Å². The molecular weight excluding hydrogens is 356 g/mol. The van der Waals surface area contributed by atoms with Crippen LogP contribution in [-0.4, -0.2) is 38.8 Å². The van der Waals surface area contributed by atoms with E-state index in [-0.39, 0.29) is 11.8 Å². The maximum absolute atomic E-state index is 12.9. The third-order valence-electron chi connectivity index (χ3n) is 4.82. The van der Waals surface area contributed by atoms with Gasteiger partial charge in [0.25, 0.3) is 5.91 Å². The molecule has 1 saturated heterocycles. The van der Waals surface area contributed by atoms with E-state index in [0.717, 1.165) is 18.5 Å². The predicted molar refractivity (Wildman–Crippen MR) is 102 cm³/mol. The number of carbonyl (C=O) groups is 1. The minimum absolute atomic E-state index is 0.105. The van der Waals surface area contributed by atoms with Crippen molar-refractivity contribution >= 4 is 5.91 Å². The number of hydrogen-bond acceptors (Lipinski definition) is 6. The highest BCUT2D eigenvalue weighted by Crippen LogP contribution is 2.28. The Morgan fingerprint density at radius 3 is 2.75 bits per heavy atom. The highest BCUT2D eigenvalue weighted by atomic mass is 16.5. The van der Waals surface area contributed by atoms with Gasteiger partial charge < -0.3 is 14.1 Å². The van der Waals surface area contributed by atoms with Gasteiger partial charge in [-0.25, -0.2) is 9.97 Å². The SMILES string of the molecule is Cc1nc(C)c(C(=O)N2CCC[C@H](c3cncc(Oc4ccccc4)n3)C2)o1. The van der Waals surface area contributed by atoms with Gasteiger partial charge in [-0.3, -0.25) is 9.78 Å². The van der Waals surface area contributed by atoms with E-state index in [4.69, 9.17) is 9.15 Å². The fourth-order valence-electron chi connectivity index (χ4n) is 3.49. The molecule has 0 saturated carbocycles. The van der Waals surface area contributed by atoms with Crippen LogP contribution in [0.25, 0.3) is 0 Å². The molecule has 1 aromatic carbocycles. The molecule has 7 heteroatoms. The van der Waals surface area contributed by atoms with Gasteiger partial charge in [0, 0.05) is 32.1 Å². The second kappa shape index (κ2) is 7.80. The number of likely N-dealkylation sites (tertiary alicyclic amines) is 1. The summed E-state index contributed by atoms with van der Waals surface area (Å²) in [6.45, 7) is 4.81. The summed E-state index contributed by atoms with van der Waals surface area (Å²) in [7, 11) is 0. The summed E-state index contributed by atoms with van der Waals surface area (Å²) in [6.07, 6.45) is 5.19. The standard InChI is InChI=1S/C21H22N4O3/c1-14-20(27-15(2)23-14)21(26)25-10-6-7-16(13-25)18-11-22-12-19(24-18)28-17-8-4-3-5-9-17/h3-5,8-9,11-12,16H,6-7,10,13H2,1-2H3/t16-/m0/s1. The number of aryl methyl sites for hydroxylation is 2. The number of aromatic nitrogens is 3. The molecule has 0 N–H and O–H groups in total. The Kier molecular flexibility index (Phi) is 5.06. The zero-order chi connectivity index (χ0) is 19.5. The highest BCUT2D eigenvalue weighted by molar-refractivity contribution is 5.92. The third-order valence-corrected chi connectivity index (χ3v) is 4.82. The molecule has 7 nitrogen and oxygen atoms in total. The van der Waals surface area contributed by atoms with Crippen LogP contribution in [0.2, 0.25) is 0 Å². The van der Waals surface area contributed by atoms with E-state index in [1.165, 1.54) is 0 Å². The number of para-hydroxylation sites is 1. The van der Waals surface area contributed by atoms with E-state index in [0.29, 0.717) is 42.1 Å². The zero-order valence-electron chi connectivity index (χ0n) is 16.0. The molecule has 0 spiro atoms. The average Bonchev–Trinajstić information content (AvgIpc) is 3.06. The Labute approximate surface area is 163 Å². The molecule has 0 unspecified atom stereocenters. The molecule has 3 aromatic rings. The van der Waals surface area contributed by atoms with Crippen LogP contribution in [0.15, 0.2) is 47.1 Å². The Balaban J connectivity index is 1.49. The number of oxazole rings is 1. The van der Waals surface area contributed by atoms with E-state index >= 15 is 0 Å². The number of piperidine rings is 1. The first-order valence-corrected chi connectivity index (χ1v) is 9.38. The van der Waals surface area contributed by atoms with Gasteiger partial charge >= 0.3 is 0 Å². The molecule has 3 heterocycles. The van der Waals surface area contributed by atoms with Gasteiger partial charge in [0.15, 0.2) is 5.89 Å². The van der Waals surface area contributed by atoms with E-state index in [1.807, 2.05) is 35.2 Å². The molecule has 1 atom stereocenters. The Hall–Kier alpha value is -3.22. The van der Waals surface area contributed by atoms with Crippen LogP contribution in [0.1, 0.15) is 46.6 Å². The Morgan fingerprint density at radius 2 is 2.00 bits per heavy atom. The van der Waals surface area contributed by atoms with Crippen LogP contribution >= 0.6 is 0 Å². The van der Waals surface area contributed by atoms with Crippen LogP contribution in [-0.2, 0) is 0 Å². The average molecular weight is 378 g/mol. The van der Waals surface area contributed by atoms with Crippen LogP contribution in [0.5, 0.6) is 11.6 Å². The summed E-state index contributed by atoms with van der Waals surface area (Å²) in [5, 5.41) is 0. The molecule has 1 aliphatic heterocycles. The van der Waals surface area contributed by atoms with Gasteiger partial charge in [0.1, 0.15) is 5.75 Å². The number of rotatable bonds is 4. The van der Waals surface area contributed by atoms with Crippen LogP contribution in [0.4, 0.5) is 0 Å². The van der Waals surface area contributed by atoms with Gasteiger partial charge in [-0.05, 0) is 31.9 Å². The van der Waals surface area contributed by atoms with Crippen LogP contribution in [0.3, 0.4) is 0 Å². The largest absolute Gasteiger partial charge is 0.437 e. The molecule has 1 fully saturated rings. The molecule has 1 amide bonds. The topological polar surface area (TPSA) is 81.4 Å². The van der Waals surface area contributed by atoms with Crippen LogP contribution < -0.4 is 4.74 Å². The van der Waals surface area contributed by atoms with Crippen molar-refractivity contribution in [2.75, 3.05) is 13.1 Å². The van der Waals surface area contributed by atoms with Crippen molar-refractivity contribution in [1.29, 1.82) is 0 Å². The van der Waals surface area contributed by atoms with Gasteiger partial charge in [-0.15, -0.1) is 0 Å². The number of carbonyl (C=O) groups excluding carboxylic acids is 1. The second-order valence-electron chi connectivity index (χ2n) is 6.94. The minimum atomic E-state index is -0.118. The molecule has 0 radical (unpaired) electrons. The summed E-state index contributed by atoms with van der Waals surface area (Å²) in [4.78, 5) is 27.8. The summed E-state index contributed by atoms with van der Waals surface area (Å²) < 4.78 is 11.3. The predicted octanol–water partition coefficient (Wildman–Crippen LogP) is 3.89. The van der Waals surface area contributed by atoms with E-state index < -0.39 is 0 Å². The summed E-state index contributed by atoms with van der Waals surface area (Å²) >= 11 is 0. The highest BCUT2D eigenvalue weighted by Gasteiger charge is 2.29. The molecular formula is C21H22N4O3.